The van der Waals surface area contributed by atoms with Crippen LogP contribution in [0.3, 0.4) is 0 Å². The Morgan fingerprint density at radius 1 is 1.00 bits per heavy atom. The van der Waals surface area contributed by atoms with Gasteiger partial charge in [0.25, 0.3) is 5.56 Å². The molecule has 0 saturated carbocycles. The second-order valence-electron chi connectivity index (χ2n) is 7.76. The van der Waals surface area contributed by atoms with Crippen molar-refractivity contribution >= 4 is 38.2 Å². The number of benzene rings is 3. The molecule has 0 aliphatic heterocycles. The second-order valence-corrected chi connectivity index (χ2v) is 8.66. The maximum atomic E-state index is 13.0. The summed E-state index contributed by atoms with van der Waals surface area (Å²) in [5, 5.41) is 18.1. The average Bonchev–Trinajstić information content (AvgIpc) is 3.33. The van der Waals surface area contributed by atoms with Gasteiger partial charge in [0.1, 0.15) is 10.6 Å². The molecule has 7 heteroatoms. The van der Waals surface area contributed by atoms with E-state index < -0.39 is 6.04 Å². The van der Waals surface area contributed by atoms with Crippen LogP contribution in [0.25, 0.3) is 21.0 Å². The van der Waals surface area contributed by atoms with Gasteiger partial charge >= 0.3 is 0 Å². The maximum absolute atomic E-state index is 13.0. The van der Waals surface area contributed by atoms with Crippen molar-refractivity contribution in [3.05, 3.63) is 106 Å². The van der Waals surface area contributed by atoms with Crippen molar-refractivity contribution < 1.29 is 9.90 Å². The average molecular weight is 456 g/mol. The van der Waals surface area contributed by atoms with Crippen LogP contribution >= 0.6 is 11.3 Å². The molecular formula is C26H21N3O3S. The van der Waals surface area contributed by atoms with Crippen molar-refractivity contribution in [3.8, 4) is 5.75 Å². The number of hydrogen-bond donors (Lipinski definition) is 2. The predicted molar refractivity (Wildman–Crippen MR) is 131 cm³/mol. The molecule has 0 radical (unpaired) electrons. The summed E-state index contributed by atoms with van der Waals surface area (Å²) in [5.41, 5.74) is 1.35. The first-order chi connectivity index (χ1) is 16.1. The van der Waals surface area contributed by atoms with Crippen molar-refractivity contribution in [2.75, 3.05) is 0 Å². The number of nitrogens with one attached hydrogen (secondary N) is 1. The molecule has 0 spiro atoms. The number of aryl methyl sites for hydroxylation is 1. The number of fused-ring (bicyclic) bond motifs is 2. The minimum absolute atomic E-state index is 0.103. The molecule has 1 unspecified atom stereocenters. The quantitative estimate of drug-likeness (QED) is 0.392. The van der Waals surface area contributed by atoms with E-state index in [1.54, 1.807) is 12.1 Å². The molecule has 0 aliphatic carbocycles. The normalized spacial score (nSPS) is 12.1. The molecule has 5 aromatic rings. The summed E-state index contributed by atoms with van der Waals surface area (Å²) in [6.07, 6.45) is 1.59. The third kappa shape index (κ3) is 4.10. The summed E-state index contributed by atoms with van der Waals surface area (Å²) in [7, 11) is 0. The highest BCUT2D eigenvalue weighted by molar-refractivity contribution is 7.16. The van der Waals surface area contributed by atoms with Gasteiger partial charge in [0, 0.05) is 18.5 Å². The van der Waals surface area contributed by atoms with E-state index >= 15 is 0 Å². The Morgan fingerprint density at radius 3 is 2.64 bits per heavy atom. The molecule has 2 heterocycles. The first-order valence-corrected chi connectivity index (χ1v) is 11.5. The third-order valence-corrected chi connectivity index (χ3v) is 6.53. The Bertz CT molecular complexity index is 1510. The van der Waals surface area contributed by atoms with Gasteiger partial charge in [0.05, 0.1) is 17.8 Å². The monoisotopic (exact) mass is 455 g/mol. The van der Waals surface area contributed by atoms with Crippen LogP contribution in [0.1, 0.15) is 23.6 Å². The van der Waals surface area contributed by atoms with E-state index in [9.17, 15) is 14.7 Å². The van der Waals surface area contributed by atoms with E-state index in [0.29, 0.717) is 15.8 Å². The number of carbonyl (C=O) groups excluding carboxylic acids is 1. The van der Waals surface area contributed by atoms with Crippen LogP contribution in [0.5, 0.6) is 5.75 Å². The van der Waals surface area contributed by atoms with Crippen LogP contribution in [0.15, 0.2) is 89.3 Å². The van der Waals surface area contributed by atoms with Gasteiger partial charge in [-0.05, 0) is 33.8 Å². The molecule has 5 rings (SSSR count). The van der Waals surface area contributed by atoms with Gasteiger partial charge < -0.3 is 10.4 Å². The molecule has 2 aromatic heterocycles. The van der Waals surface area contributed by atoms with Gasteiger partial charge in [-0.1, -0.05) is 60.7 Å². The number of phenols is 1. The zero-order chi connectivity index (χ0) is 22.8. The van der Waals surface area contributed by atoms with Gasteiger partial charge in [-0.25, -0.2) is 4.98 Å². The highest BCUT2D eigenvalue weighted by atomic mass is 32.1. The topological polar surface area (TPSA) is 84.2 Å². The first kappa shape index (κ1) is 20.9. The lowest BCUT2D eigenvalue weighted by Gasteiger charge is -2.23. The lowest BCUT2D eigenvalue weighted by atomic mass is 9.92. The number of thiophene rings is 1. The molecule has 3 aromatic carbocycles. The van der Waals surface area contributed by atoms with E-state index in [0.717, 1.165) is 16.3 Å². The maximum Gasteiger partial charge on any atom is 0.262 e. The van der Waals surface area contributed by atoms with E-state index in [1.165, 1.54) is 22.2 Å². The molecule has 1 amide bonds. The second kappa shape index (κ2) is 8.88. The summed E-state index contributed by atoms with van der Waals surface area (Å²) in [6.45, 7) is 0.215. The fourth-order valence-corrected chi connectivity index (χ4v) is 4.79. The summed E-state index contributed by atoms with van der Waals surface area (Å²) in [5.74, 6) is -0.111. The summed E-state index contributed by atoms with van der Waals surface area (Å²) in [4.78, 5) is 30.6. The molecule has 0 aliphatic rings. The number of aromatic hydroxyl groups is 1. The van der Waals surface area contributed by atoms with Crippen molar-refractivity contribution in [3.63, 3.8) is 0 Å². The standard InChI is InChI=1S/C26H21N3O3S/c30-21-11-10-17-6-4-5-9-19(17)23(21)24(18-7-2-1-3-8-18)28-22(31)12-14-29-16-27-25-20(26(29)32)13-15-33-25/h1-11,13,15-16,24,30H,12,14H2,(H,28,31). The number of carbonyl (C=O) groups is 1. The lowest BCUT2D eigenvalue weighted by molar-refractivity contribution is -0.121. The zero-order valence-electron chi connectivity index (χ0n) is 17.6. The number of phenolic OH excluding ortho intramolecular Hbond substituents is 1. The fourth-order valence-electron chi connectivity index (χ4n) is 4.06. The van der Waals surface area contributed by atoms with Crippen molar-refractivity contribution in [1.82, 2.24) is 14.9 Å². The largest absolute Gasteiger partial charge is 0.508 e. The Balaban J connectivity index is 1.45. The summed E-state index contributed by atoms with van der Waals surface area (Å²) < 4.78 is 1.46. The fraction of sp³-hybridized carbons (Fsp3) is 0.115. The van der Waals surface area contributed by atoms with Gasteiger partial charge in [-0.3, -0.25) is 14.2 Å². The third-order valence-electron chi connectivity index (χ3n) is 5.70. The highest BCUT2D eigenvalue weighted by Crippen LogP contribution is 2.35. The SMILES string of the molecule is O=C(CCn1cnc2sccc2c1=O)NC(c1ccccc1)c1c(O)ccc2ccccc12. The Labute approximate surface area is 193 Å². The van der Waals surface area contributed by atoms with Crippen LogP contribution in [0.4, 0.5) is 0 Å². The number of nitrogens with zero attached hydrogens (tertiary/aromatic N) is 2. The van der Waals surface area contributed by atoms with E-state index in [-0.39, 0.29) is 30.2 Å². The van der Waals surface area contributed by atoms with Gasteiger partial charge in [-0.15, -0.1) is 11.3 Å². The summed E-state index contributed by atoms with van der Waals surface area (Å²) >= 11 is 1.41. The van der Waals surface area contributed by atoms with Gasteiger partial charge in [0.2, 0.25) is 5.91 Å². The minimum atomic E-state index is -0.543. The summed E-state index contributed by atoms with van der Waals surface area (Å²) in [6, 6.07) is 22.0. The van der Waals surface area contributed by atoms with E-state index in [1.807, 2.05) is 66.0 Å². The van der Waals surface area contributed by atoms with Crippen LogP contribution < -0.4 is 10.9 Å². The Morgan fingerprint density at radius 2 is 1.79 bits per heavy atom. The zero-order valence-corrected chi connectivity index (χ0v) is 18.5. The molecule has 0 fully saturated rings. The van der Waals surface area contributed by atoms with Crippen LogP contribution in [-0.4, -0.2) is 20.6 Å². The van der Waals surface area contributed by atoms with E-state index in [2.05, 4.69) is 10.3 Å². The van der Waals surface area contributed by atoms with Crippen molar-refractivity contribution in [2.24, 2.45) is 0 Å². The lowest BCUT2D eigenvalue weighted by Crippen LogP contribution is -2.31. The minimum Gasteiger partial charge on any atom is -0.508 e. The van der Waals surface area contributed by atoms with Crippen molar-refractivity contribution in [2.45, 2.75) is 19.0 Å². The molecular weight excluding hydrogens is 434 g/mol. The smallest absolute Gasteiger partial charge is 0.262 e. The number of amides is 1. The number of rotatable bonds is 6. The molecule has 1 atom stereocenters. The number of hydrogen-bond acceptors (Lipinski definition) is 5. The van der Waals surface area contributed by atoms with Crippen LogP contribution in [-0.2, 0) is 11.3 Å². The Kier molecular flexibility index (Phi) is 5.62. The van der Waals surface area contributed by atoms with E-state index in [4.69, 9.17) is 0 Å². The molecule has 164 valence electrons. The number of aromatic nitrogens is 2. The van der Waals surface area contributed by atoms with Crippen LogP contribution in [0, 0.1) is 0 Å². The van der Waals surface area contributed by atoms with Gasteiger partial charge in [0.15, 0.2) is 0 Å². The first-order valence-electron chi connectivity index (χ1n) is 10.6. The van der Waals surface area contributed by atoms with Crippen LogP contribution in [0.2, 0.25) is 0 Å². The van der Waals surface area contributed by atoms with Crippen molar-refractivity contribution in [1.29, 1.82) is 0 Å². The Hall–Kier alpha value is -3.97. The molecule has 0 saturated heterocycles. The highest BCUT2D eigenvalue weighted by Gasteiger charge is 2.22. The van der Waals surface area contributed by atoms with Gasteiger partial charge in [-0.2, -0.15) is 0 Å². The molecule has 6 nitrogen and oxygen atoms in total. The molecule has 2 N–H and O–H groups in total. The molecule has 0 bridgehead atoms. The predicted octanol–water partition coefficient (Wildman–Crippen LogP) is 4.61. The molecule has 33 heavy (non-hydrogen) atoms.